The summed E-state index contributed by atoms with van der Waals surface area (Å²) in [5.74, 6) is -2.88. The number of thiol groups is 1. The average molecular weight is 650 g/mol. The topological polar surface area (TPSA) is 100 Å². The van der Waals surface area contributed by atoms with Gasteiger partial charge in [0.15, 0.2) is 0 Å². The van der Waals surface area contributed by atoms with Crippen LogP contribution in [0.5, 0.6) is 0 Å². The van der Waals surface area contributed by atoms with Crippen molar-refractivity contribution in [3.8, 4) is 0 Å². The quantitative estimate of drug-likeness (QED) is 0.213. The van der Waals surface area contributed by atoms with Crippen molar-refractivity contribution in [1.82, 2.24) is 9.29 Å². The number of carbonyl (C=O) groups excluding carboxylic acids is 1. The Bertz CT molecular complexity index is 1540. The highest BCUT2D eigenvalue weighted by atomic mass is 32.2. The monoisotopic (exact) mass is 649 g/mol. The molecule has 1 aromatic heterocycles. The van der Waals surface area contributed by atoms with Crippen LogP contribution in [0.3, 0.4) is 0 Å². The smallest absolute Gasteiger partial charge is 0.455 e. The minimum absolute atomic E-state index is 0.00834. The maximum absolute atomic E-state index is 13.8. The van der Waals surface area contributed by atoms with E-state index in [-0.39, 0.29) is 29.4 Å². The van der Waals surface area contributed by atoms with E-state index in [2.05, 4.69) is 22.3 Å². The van der Waals surface area contributed by atoms with E-state index in [1.165, 1.54) is 22.5 Å². The number of hydrogen-bond acceptors (Lipinski definition) is 8. The van der Waals surface area contributed by atoms with Crippen molar-refractivity contribution in [3.63, 3.8) is 0 Å². The second-order valence-electron chi connectivity index (χ2n) is 9.72. The van der Waals surface area contributed by atoms with Crippen LogP contribution in [0, 0.1) is 0 Å². The van der Waals surface area contributed by atoms with Gasteiger partial charge in [-0.1, -0.05) is 24.3 Å². The predicted molar refractivity (Wildman–Crippen MR) is 145 cm³/mol. The molecule has 0 amide bonds. The van der Waals surface area contributed by atoms with E-state index in [1.54, 1.807) is 47.6 Å². The standard InChI is InChI=1S/C27H25F6N3O5S2/c28-26(29,30)24(37)41-17-25(38,27(31,32)33)19-5-7-20(8-6-19)36-14-13-35(16-21(36)15-18-9-11-34-12-10-18)43(39,40)23-4-2-1-3-22(23)42/h1-12,21,38,42H,13-17H2. The zero-order valence-electron chi connectivity index (χ0n) is 22.1. The number of nitrogens with zero attached hydrogens (tertiary/aromatic N) is 3. The number of carbonyl (C=O) groups is 1. The van der Waals surface area contributed by atoms with E-state index in [1.807, 2.05) is 0 Å². The summed E-state index contributed by atoms with van der Waals surface area (Å²) >= 11 is 4.27. The molecule has 8 nitrogen and oxygen atoms in total. The molecule has 0 radical (unpaired) electrons. The number of benzene rings is 2. The van der Waals surface area contributed by atoms with E-state index in [0.29, 0.717) is 12.1 Å². The van der Waals surface area contributed by atoms with Gasteiger partial charge in [-0.15, -0.1) is 12.6 Å². The lowest BCUT2D eigenvalue weighted by atomic mass is 9.93. The molecule has 232 valence electrons. The van der Waals surface area contributed by atoms with Gasteiger partial charge in [-0.05, 0) is 53.9 Å². The number of hydrogen-bond donors (Lipinski definition) is 2. The maximum Gasteiger partial charge on any atom is 0.490 e. The van der Waals surface area contributed by atoms with Gasteiger partial charge in [0.2, 0.25) is 15.6 Å². The number of ether oxygens (including phenoxy) is 1. The molecule has 1 saturated heterocycles. The first-order valence-corrected chi connectivity index (χ1v) is 14.5. The third-order valence-corrected chi connectivity index (χ3v) is 9.40. The lowest BCUT2D eigenvalue weighted by molar-refractivity contribution is -0.283. The summed E-state index contributed by atoms with van der Waals surface area (Å²) in [7, 11) is -3.95. The zero-order valence-corrected chi connectivity index (χ0v) is 23.8. The van der Waals surface area contributed by atoms with Crippen LogP contribution >= 0.6 is 12.6 Å². The molecule has 2 unspecified atom stereocenters. The van der Waals surface area contributed by atoms with Crippen LogP contribution in [-0.4, -0.2) is 73.4 Å². The van der Waals surface area contributed by atoms with E-state index in [9.17, 15) is 44.7 Å². The van der Waals surface area contributed by atoms with Crippen LogP contribution in [0.4, 0.5) is 32.0 Å². The summed E-state index contributed by atoms with van der Waals surface area (Å²) in [5.41, 5.74) is -3.59. The number of halogens is 6. The van der Waals surface area contributed by atoms with Gasteiger partial charge in [-0.2, -0.15) is 30.6 Å². The molecule has 1 fully saturated rings. The van der Waals surface area contributed by atoms with Gasteiger partial charge < -0.3 is 14.7 Å². The highest BCUT2D eigenvalue weighted by Crippen LogP contribution is 2.40. The molecule has 0 bridgehead atoms. The number of esters is 1. The summed E-state index contributed by atoms with van der Waals surface area (Å²) in [5, 5.41) is 10.4. The normalized spacial score (nSPS) is 18.2. The third-order valence-electron chi connectivity index (χ3n) is 6.94. The number of anilines is 1. The molecule has 0 aliphatic carbocycles. The van der Waals surface area contributed by atoms with Gasteiger partial charge in [0.25, 0.3) is 0 Å². The van der Waals surface area contributed by atoms with Crippen molar-refractivity contribution >= 4 is 34.3 Å². The summed E-state index contributed by atoms with van der Waals surface area (Å²) in [4.78, 5) is 17.1. The maximum atomic E-state index is 13.8. The largest absolute Gasteiger partial charge is 0.490 e. The van der Waals surface area contributed by atoms with Crippen molar-refractivity contribution in [2.75, 3.05) is 31.1 Å². The SMILES string of the molecule is O=C(OCC(O)(c1ccc(N2CCN(S(=O)(=O)c3ccccc3S)CC2Cc2ccncc2)cc1)C(F)(F)F)C(F)(F)F. The van der Waals surface area contributed by atoms with E-state index < -0.39 is 52.2 Å². The van der Waals surface area contributed by atoms with Crippen LogP contribution in [-0.2, 0) is 31.6 Å². The van der Waals surface area contributed by atoms with Crippen LogP contribution in [0.2, 0.25) is 0 Å². The summed E-state index contributed by atoms with van der Waals surface area (Å²) in [6.07, 6.45) is -7.59. The van der Waals surface area contributed by atoms with Gasteiger partial charge >= 0.3 is 18.3 Å². The van der Waals surface area contributed by atoms with Crippen LogP contribution < -0.4 is 4.90 Å². The number of rotatable bonds is 8. The number of alkyl halides is 6. The first-order chi connectivity index (χ1) is 20.0. The molecule has 2 heterocycles. The second-order valence-corrected chi connectivity index (χ2v) is 12.1. The van der Waals surface area contributed by atoms with Gasteiger partial charge in [0.1, 0.15) is 6.61 Å². The lowest BCUT2D eigenvalue weighted by Gasteiger charge is -2.42. The summed E-state index contributed by atoms with van der Waals surface area (Å²) < 4.78 is 111. The van der Waals surface area contributed by atoms with E-state index in [0.717, 1.165) is 17.7 Å². The van der Waals surface area contributed by atoms with Crippen molar-refractivity contribution in [2.45, 2.75) is 40.2 Å². The number of sulfonamides is 1. The fourth-order valence-corrected chi connectivity index (χ4v) is 6.73. The van der Waals surface area contributed by atoms with Crippen molar-refractivity contribution in [1.29, 1.82) is 0 Å². The lowest BCUT2D eigenvalue weighted by Crippen LogP contribution is -2.55. The van der Waals surface area contributed by atoms with Crippen molar-refractivity contribution in [2.24, 2.45) is 0 Å². The molecule has 1 N–H and O–H groups in total. The van der Waals surface area contributed by atoms with Crippen LogP contribution in [0.15, 0.2) is 82.8 Å². The van der Waals surface area contributed by atoms with Crippen molar-refractivity contribution < 1.29 is 49.4 Å². The molecule has 43 heavy (non-hydrogen) atoms. The summed E-state index contributed by atoms with van der Waals surface area (Å²) in [6.45, 7) is -1.84. The fourth-order valence-electron chi connectivity index (χ4n) is 4.67. The predicted octanol–water partition coefficient (Wildman–Crippen LogP) is 4.35. The van der Waals surface area contributed by atoms with Crippen molar-refractivity contribution in [3.05, 3.63) is 84.2 Å². The minimum Gasteiger partial charge on any atom is -0.455 e. The third kappa shape index (κ3) is 7.08. The molecule has 0 saturated carbocycles. The number of piperazine rings is 1. The molecular weight excluding hydrogens is 624 g/mol. The van der Waals surface area contributed by atoms with Crippen LogP contribution in [0.25, 0.3) is 0 Å². The van der Waals surface area contributed by atoms with Gasteiger partial charge in [0, 0.05) is 48.7 Å². The number of pyridine rings is 1. The first kappa shape index (κ1) is 32.6. The molecular formula is C27H25F6N3O5S2. The highest BCUT2D eigenvalue weighted by molar-refractivity contribution is 7.90. The molecule has 1 aliphatic rings. The molecule has 3 aromatic rings. The Morgan fingerprint density at radius 2 is 1.60 bits per heavy atom. The van der Waals surface area contributed by atoms with Gasteiger partial charge in [-0.25, -0.2) is 13.2 Å². The number of aromatic nitrogens is 1. The van der Waals surface area contributed by atoms with Crippen LogP contribution in [0.1, 0.15) is 11.1 Å². The second kappa shape index (κ2) is 12.3. The fraction of sp³-hybridized carbons (Fsp3) is 0.333. The molecule has 16 heteroatoms. The minimum atomic E-state index is -5.55. The Kier molecular flexibility index (Phi) is 9.35. The highest BCUT2D eigenvalue weighted by Gasteiger charge is 2.57. The molecule has 1 aliphatic heterocycles. The molecule has 4 rings (SSSR count). The Balaban J connectivity index is 1.63. The summed E-state index contributed by atoms with van der Waals surface area (Å²) in [6, 6.07) is 13.4. The zero-order chi connectivity index (χ0) is 31.6. The molecule has 0 spiro atoms. The number of aliphatic hydroxyl groups is 1. The Morgan fingerprint density at radius 1 is 0.977 bits per heavy atom. The average Bonchev–Trinajstić information content (AvgIpc) is 2.95. The van der Waals surface area contributed by atoms with E-state index >= 15 is 0 Å². The first-order valence-electron chi connectivity index (χ1n) is 12.6. The molecule has 2 aromatic carbocycles. The molecule has 2 atom stereocenters. The Hall–Kier alpha value is -3.34. The van der Waals surface area contributed by atoms with Gasteiger partial charge in [-0.3, -0.25) is 4.98 Å². The van der Waals surface area contributed by atoms with Gasteiger partial charge in [0.05, 0.1) is 4.90 Å². The van der Waals surface area contributed by atoms with E-state index in [4.69, 9.17) is 0 Å². The Morgan fingerprint density at radius 3 is 2.19 bits per heavy atom. The Labute approximate surface area is 248 Å².